The zero-order chi connectivity index (χ0) is 23.9. The lowest BCUT2D eigenvalue weighted by Gasteiger charge is -2.32. The number of hydrogen-bond acceptors (Lipinski definition) is 4. The Morgan fingerprint density at radius 1 is 0.543 bits per heavy atom. The maximum atomic E-state index is 3.51. The van der Waals surface area contributed by atoms with Crippen LogP contribution >= 0.6 is 39.5 Å². The number of alkyl halides is 1. The predicted molar refractivity (Wildman–Crippen MR) is 157 cm³/mol. The van der Waals surface area contributed by atoms with Gasteiger partial charge in [-0.15, -0.1) is 0 Å². The number of halogens is 1. The molecule has 0 saturated carbocycles. The van der Waals surface area contributed by atoms with Crippen molar-refractivity contribution in [2.45, 2.75) is 45.3 Å². The van der Waals surface area contributed by atoms with E-state index in [2.05, 4.69) is 123 Å². The van der Waals surface area contributed by atoms with E-state index >= 15 is 0 Å². The second kappa shape index (κ2) is 12.1. The Hall–Kier alpha value is -2.34. The second-order valence-electron chi connectivity index (χ2n) is 8.51. The van der Waals surface area contributed by atoms with E-state index in [4.69, 9.17) is 0 Å². The van der Waals surface area contributed by atoms with Gasteiger partial charge < -0.3 is 10.2 Å². The van der Waals surface area contributed by atoms with E-state index in [-0.39, 0.29) is 0 Å². The molecule has 0 radical (unpaired) electrons. The molecule has 0 bridgehead atoms. The summed E-state index contributed by atoms with van der Waals surface area (Å²) in [4.78, 5) is 7.83. The van der Waals surface area contributed by atoms with E-state index < -0.39 is 0 Å². The lowest BCUT2D eigenvalue weighted by molar-refractivity contribution is 0.670. The highest BCUT2D eigenvalue weighted by atomic mass is 79.9. The molecule has 0 saturated heterocycles. The quantitative estimate of drug-likeness (QED) is 0.164. The van der Waals surface area contributed by atoms with Crippen molar-refractivity contribution in [2.75, 3.05) is 22.1 Å². The molecule has 0 amide bonds. The van der Waals surface area contributed by atoms with Crippen molar-refractivity contribution in [1.29, 1.82) is 0 Å². The van der Waals surface area contributed by atoms with Gasteiger partial charge >= 0.3 is 0 Å². The molecule has 178 valence electrons. The van der Waals surface area contributed by atoms with E-state index in [1.165, 1.54) is 68.0 Å². The average molecular weight is 562 g/mol. The molecule has 0 fully saturated rings. The van der Waals surface area contributed by atoms with Crippen molar-refractivity contribution in [3.63, 3.8) is 0 Å². The summed E-state index contributed by atoms with van der Waals surface area (Å²) < 4.78 is 0. The molecule has 5 heteroatoms. The van der Waals surface area contributed by atoms with Crippen LogP contribution in [-0.4, -0.2) is 11.9 Å². The van der Waals surface area contributed by atoms with E-state index in [1.54, 1.807) is 0 Å². The predicted octanol–water partition coefficient (Wildman–Crippen LogP) is 10.1. The van der Waals surface area contributed by atoms with Crippen molar-refractivity contribution in [1.82, 2.24) is 0 Å². The first-order valence-corrected chi connectivity index (χ1v) is 14.9. The topological polar surface area (TPSA) is 15.3 Å². The average Bonchev–Trinajstić information content (AvgIpc) is 2.91. The van der Waals surface area contributed by atoms with E-state index in [9.17, 15) is 0 Å². The van der Waals surface area contributed by atoms with Gasteiger partial charge in [0.1, 0.15) is 0 Å². The molecule has 35 heavy (non-hydrogen) atoms. The van der Waals surface area contributed by atoms with Crippen LogP contribution in [0.25, 0.3) is 0 Å². The standard InChI is InChI=1S/C18H20BrNS.C12H9NS/c19-13-7-1-2-8-14-20-15-9-3-5-11-17(15)21-18-12-6-4-10-16(18)20;1-3-7-11-9(5-1)13-10-6-2-4-8-12(10)14-11/h3-6,9-12H,1-2,7-8,13-14H2;1-8,13H. The van der Waals surface area contributed by atoms with Gasteiger partial charge in [-0.25, -0.2) is 0 Å². The molecule has 2 aliphatic rings. The molecule has 4 aromatic carbocycles. The van der Waals surface area contributed by atoms with Crippen LogP contribution in [-0.2, 0) is 0 Å². The second-order valence-corrected chi connectivity index (χ2v) is 11.5. The Morgan fingerprint density at radius 3 is 1.57 bits per heavy atom. The molecule has 6 rings (SSSR count). The van der Waals surface area contributed by atoms with Crippen LogP contribution in [0.4, 0.5) is 22.7 Å². The number of anilines is 4. The van der Waals surface area contributed by atoms with Gasteiger partial charge in [-0.2, -0.15) is 0 Å². The van der Waals surface area contributed by atoms with Crippen molar-refractivity contribution in [3.05, 3.63) is 97.1 Å². The van der Waals surface area contributed by atoms with Crippen LogP contribution in [0.3, 0.4) is 0 Å². The number of nitrogens with one attached hydrogen (secondary N) is 1. The van der Waals surface area contributed by atoms with Gasteiger partial charge in [0, 0.05) is 31.5 Å². The van der Waals surface area contributed by atoms with Gasteiger partial charge in [0.05, 0.1) is 22.7 Å². The highest BCUT2D eigenvalue weighted by molar-refractivity contribution is 9.09. The normalized spacial score (nSPS) is 12.8. The van der Waals surface area contributed by atoms with E-state index in [0.29, 0.717) is 0 Å². The van der Waals surface area contributed by atoms with Crippen LogP contribution in [0.5, 0.6) is 0 Å². The molecule has 2 nitrogen and oxygen atoms in total. The summed E-state index contributed by atoms with van der Waals surface area (Å²) in [5.74, 6) is 0. The van der Waals surface area contributed by atoms with Gasteiger partial charge in [-0.3, -0.25) is 0 Å². The Balaban J connectivity index is 0.000000156. The molecular weight excluding hydrogens is 532 g/mol. The third-order valence-corrected chi connectivity index (χ3v) is 8.90. The van der Waals surface area contributed by atoms with Crippen LogP contribution in [0.1, 0.15) is 25.7 Å². The maximum absolute atomic E-state index is 3.51. The number of fused-ring (bicyclic) bond motifs is 4. The first kappa shape index (κ1) is 24.4. The molecule has 2 heterocycles. The molecule has 0 aromatic heterocycles. The van der Waals surface area contributed by atoms with Crippen molar-refractivity contribution < 1.29 is 0 Å². The van der Waals surface area contributed by atoms with Crippen LogP contribution in [0, 0.1) is 0 Å². The third-order valence-electron chi connectivity index (χ3n) is 6.06. The molecule has 0 spiro atoms. The molecular formula is C30H29BrN2S2. The first-order valence-electron chi connectivity index (χ1n) is 12.2. The Kier molecular flexibility index (Phi) is 8.40. The van der Waals surface area contributed by atoms with Gasteiger partial charge in [0.25, 0.3) is 0 Å². The zero-order valence-corrected chi connectivity index (χ0v) is 22.8. The lowest BCUT2D eigenvalue weighted by atomic mass is 10.1. The van der Waals surface area contributed by atoms with Gasteiger partial charge in [-0.05, 0) is 61.4 Å². The van der Waals surface area contributed by atoms with E-state index in [0.717, 1.165) is 11.9 Å². The highest BCUT2D eigenvalue weighted by Gasteiger charge is 2.22. The van der Waals surface area contributed by atoms with E-state index in [1.807, 2.05) is 23.5 Å². The smallest absolute Gasteiger partial charge is 0.0552 e. The first-order chi connectivity index (χ1) is 17.3. The van der Waals surface area contributed by atoms with Crippen molar-refractivity contribution in [2.24, 2.45) is 0 Å². The summed E-state index contributed by atoms with van der Waals surface area (Å²) in [7, 11) is 0. The Morgan fingerprint density at radius 2 is 1.00 bits per heavy atom. The fourth-order valence-electron chi connectivity index (χ4n) is 4.32. The Labute approximate surface area is 225 Å². The highest BCUT2D eigenvalue weighted by Crippen LogP contribution is 2.48. The minimum Gasteiger partial charge on any atom is -0.354 e. The monoisotopic (exact) mass is 560 g/mol. The van der Waals surface area contributed by atoms with Gasteiger partial charge in [0.15, 0.2) is 0 Å². The number of hydrogen-bond donors (Lipinski definition) is 1. The van der Waals surface area contributed by atoms with Gasteiger partial charge in [0.2, 0.25) is 0 Å². The number of benzene rings is 4. The van der Waals surface area contributed by atoms with Crippen LogP contribution in [0.15, 0.2) is 117 Å². The SMILES string of the molecule is BrCCCCCCN1c2ccccc2Sc2ccccc21.c1ccc2c(c1)Nc1ccccc1S2. The summed E-state index contributed by atoms with van der Waals surface area (Å²) in [5, 5.41) is 4.54. The van der Waals surface area contributed by atoms with Gasteiger partial charge in [-0.1, -0.05) is 101 Å². The number of para-hydroxylation sites is 4. The molecule has 4 aromatic rings. The summed E-state index contributed by atoms with van der Waals surface area (Å²) in [5.41, 5.74) is 5.13. The Bertz CT molecular complexity index is 1140. The largest absolute Gasteiger partial charge is 0.354 e. The lowest BCUT2D eigenvalue weighted by Crippen LogP contribution is -2.21. The summed E-state index contributed by atoms with van der Waals surface area (Å²) in [6.45, 7) is 1.11. The number of unbranched alkanes of at least 4 members (excludes halogenated alkanes) is 3. The van der Waals surface area contributed by atoms with Crippen LogP contribution in [0.2, 0.25) is 0 Å². The third kappa shape index (κ3) is 5.91. The van der Waals surface area contributed by atoms with Crippen molar-refractivity contribution >= 4 is 62.2 Å². The fraction of sp³-hybridized carbons (Fsp3) is 0.200. The maximum Gasteiger partial charge on any atom is 0.0552 e. The zero-order valence-electron chi connectivity index (χ0n) is 19.6. The minimum absolute atomic E-state index is 1.11. The van der Waals surface area contributed by atoms with Crippen molar-refractivity contribution in [3.8, 4) is 0 Å². The minimum atomic E-state index is 1.11. The fourth-order valence-corrected chi connectivity index (χ4v) is 6.80. The molecule has 2 aliphatic heterocycles. The summed E-state index contributed by atoms with van der Waals surface area (Å²) >= 11 is 7.21. The molecule has 0 unspecified atom stereocenters. The summed E-state index contributed by atoms with van der Waals surface area (Å²) in [6, 6.07) is 34.3. The van der Waals surface area contributed by atoms with Crippen LogP contribution < -0.4 is 10.2 Å². The molecule has 1 N–H and O–H groups in total. The molecule has 0 aliphatic carbocycles. The number of rotatable bonds is 6. The molecule has 0 atom stereocenters. The summed E-state index contributed by atoms with van der Waals surface area (Å²) in [6.07, 6.45) is 5.15. The number of nitrogens with zero attached hydrogens (tertiary/aromatic N) is 1.